The zero-order valence-corrected chi connectivity index (χ0v) is 14.2. The number of rotatable bonds is 3. The van der Waals surface area contributed by atoms with Gasteiger partial charge in [-0.2, -0.15) is 0 Å². The van der Waals surface area contributed by atoms with Gasteiger partial charge in [0.15, 0.2) is 12.1 Å². The van der Waals surface area contributed by atoms with Gasteiger partial charge in [-0.25, -0.2) is 9.98 Å². The van der Waals surface area contributed by atoms with Crippen LogP contribution in [0.2, 0.25) is 0 Å². The van der Waals surface area contributed by atoms with Crippen LogP contribution in [0.4, 0.5) is 5.82 Å². The maximum Gasteiger partial charge on any atom is 0.160 e. The minimum atomic E-state index is -0.293. The van der Waals surface area contributed by atoms with Gasteiger partial charge in [-0.05, 0) is 49.5 Å². The average Bonchev–Trinajstić information content (AvgIpc) is 3.27. The molecular weight excluding hydrogens is 318 g/mol. The van der Waals surface area contributed by atoms with Crippen LogP contribution in [0.3, 0.4) is 0 Å². The highest BCUT2D eigenvalue weighted by molar-refractivity contribution is 5.68. The molecule has 0 radical (unpaired) electrons. The molecule has 1 spiro atoms. The van der Waals surface area contributed by atoms with Gasteiger partial charge in [-0.15, -0.1) is 0 Å². The van der Waals surface area contributed by atoms with Gasteiger partial charge in [0, 0.05) is 17.7 Å². The zero-order chi connectivity index (χ0) is 17.3. The second kappa shape index (κ2) is 6.61. The Morgan fingerprint density at radius 3 is 2.64 bits per heavy atom. The Labute approximate surface area is 147 Å². The van der Waals surface area contributed by atoms with Gasteiger partial charge in [0.25, 0.3) is 0 Å². The lowest BCUT2D eigenvalue weighted by molar-refractivity contribution is -0.106. The monoisotopic (exact) mass is 341 g/mol. The molecule has 0 bridgehead atoms. The number of nitrogens with two attached hydrogens (primary N) is 1. The fourth-order valence-electron chi connectivity index (χ4n) is 3.87. The van der Waals surface area contributed by atoms with Gasteiger partial charge in [0.05, 0.1) is 19.6 Å². The number of ether oxygens (including phenoxy) is 3. The highest BCUT2D eigenvalue weighted by atomic mass is 16.7. The van der Waals surface area contributed by atoms with E-state index in [4.69, 9.17) is 19.9 Å². The first-order valence-corrected chi connectivity index (χ1v) is 8.74. The summed E-state index contributed by atoms with van der Waals surface area (Å²) >= 11 is 0. The van der Waals surface area contributed by atoms with Crippen LogP contribution < -0.4 is 5.73 Å². The molecule has 2 N–H and O–H groups in total. The van der Waals surface area contributed by atoms with Crippen molar-refractivity contribution in [2.24, 2.45) is 16.6 Å². The number of hydrogen-bond acceptors (Lipinski definition) is 5. The first kappa shape index (κ1) is 16.3. The topological polar surface area (TPSA) is 79.0 Å². The van der Waals surface area contributed by atoms with Crippen molar-refractivity contribution < 1.29 is 14.2 Å². The molecule has 6 heteroatoms. The summed E-state index contributed by atoms with van der Waals surface area (Å²) in [6, 6.07) is 3.77. The van der Waals surface area contributed by atoms with Crippen molar-refractivity contribution in [1.82, 2.24) is 4.98 Å². The van der Waals surface area contributed by atoms with Crippen LogP contribution in [0, 0.1) is 5.92 Å². The lowest BCUT2D eigenvalue weighted by Crippen LogP contribution is -2.38. The molecule has 4 rings (SSSR count). The van der Waals surface area contributed by atoms with E-state index in [-0.39, 0.29) is 11.9 Å². The van der Waals surface area contributed by atoms with Gasteiger partial charge in [0.1, 0.15) is 11.4 Å². The van der Waals surface area contributed by atoms with E-state index in [1.807, 2.05) is 18.2 Å². The molecule has 0 atom stereocenters. The molecule has 25 heavy (non-hydrogen) atoms. The third-order valence-corrected chi connectivity index (χ3v) is 5.31. The summed E-state index contributed by atoms with van der Waals surface area (Å²) in [7, 11) is 0. The van der Waals surface area contributed by atoms with Gasteiger partial charge in [-0.1, -0.05) is 6.58 Å². The Balaban J connectivity index is 1.43. The van der Waals surface area contributed by atoms with E-state index >= 15 is 0 Å². The minimum Gasteiger partial charge on any atom is -0.482 e. The van der Waals surface area contributed by atoms with Gasteiger partial charge >= 0.3 is 0 Å². The molecule has 1 aliphatic carbocycles. The summed E-state index contributed by atoms with van der Waals surface area (Å²) in [4.78, 5) is 8.23. The third-order valence-electron chi connectivity index (χ3n) is 5.31. The van der Waals surface area contributed by atoms with Crippen LogP contribution >= 0.6 is 0 Å². The Hall–Kier alpha value is -2.18. The van der Waals surface area contributed by atoms with E-state index in [9.17, 15) is 0 Å². The predicted octanol–water partition coefficient (Wildman–Crippen LogP) is 2.93. The van der Waals surface area contributed by atoms with Crippen molar-refractivity contribution in [2.75, 3.05) is 13.2 Å². The number of aliphatic imine (C=N–C) groups is 1. The summed E-state index contributed by atoms with van der Waals surface area (Å²) in [5.41, 5.74) is 6.97. The molecule has 1 saturated heterocycles. The maximum atomic E-state index is 6.38. The lowest BCUT2D eigenvalue weighted by Gasteiger charge is -2.39. The highest BCUT2D eigenvalue weighted by Gasteiger charge is 2.45. The normalized spacial score (nSPS) is 30.2. The lowest BCUT2D eigenvalue weighted by atomic mass is 9.75. The Morgan fingerprint density at radius 2 is 2.00 bits per heavy atom. The maximum absolute atomic E-state index is 6.38. The zero-order valence-electron chi connectivity index (χ0n) is 14.2. The highest BCUT2D eigenvalue weighted by Crippen LogP contribution is 2.48. The summed E-state index contributed by atoms with van der Waals surface area (Å²) < 4.78 is 17.7. The van der Waals surface area contributed by atoms with Crippen molar-refractivity contribution in [1.29, 1.82) is 0 Å². The molecule has 2 aliphatic heterocycles. The molecule has 3 aliphatic rings. The van der Waals surface area contributed by atoms with Crippen LogP contribution in [0.5, 0.6) is 0 Å². The van der Waals surface area contributed by atoms with E-state index < -0.39 is 0 Å². The first-order chi connectivity index (χ1) is 12.2. The second-order valence-corrected chi connectivity index (χ2v) is 6.76. The van der Waals surface area contributed by atoms with E-state index in [0.29, 0.717) is 24.9 Å². The quantitative estimate of drug-likeness (QED) is 0.675. The molecule has 0 amide bonds. The molecule has 0 unspecified atom stereocenters. The predicted molar refractivity (Wildman–Crippen MR) is 95.2 cm³/mol. The molecule has 1 aromatic heterocycles. The Morgan fingerprint density at radius 1 is 1.24 bits per heavy atom. The SMILES string of the molecule is C=C1C=C(c2ccc(N=CN)nc2)OC12CCC(C1OCCO1)CC2. The molecule has 1 saturated carbocycles. The van der Waals surface area contributed by atoms with Crippen LogP contribution in [0.25, 0.3) is 5.76 Å². The molecule has 132 valence electrons. The Bertz CT molecular complexity index is 697. The first-order valence-electron chi connectivity index (χ1n) is 8.74. The van der Waals surface area contributed by atoms with E-state index in [1.165, 1.54) is 6.34 Å². The average molecular weight is 341 g/mol. The van der Waals surface area contributed by atoms with Crippen molar-refractivity contribution in [3.63, 3.8) is 0 Å². The summed E-state index contributed by atoms with van der Waals surface area (Å²) in [6.45, 7) is 5.67. The minimum absolute atomic E-state index is 0.0423. The van der Waals surface area contributed by atoms with Gasteiger partial charge in [-0.3, -0.25) is 0 Å². The third kappa shape index (κ3) is 3.07. The van der Waals surface area contributed by atoms with Crippen LogP contribution in [0.15, 0.2) is 41.6 Å². The number of pyridine rings is 1. The molecular formula is C19H23N3O3. The smallest absolute Gasteiger partial charge is 0.160 e. The number of nitrogens with zero attached hydrogens (tertiary/aromatic N) is 2. The molecule has 0 aromatic carbocycles. The number of aromatic nitrogens is 1. The van der Waals surface area contributed by atoms with E-state index in [0.717, 1.165) is 42.6 Å². The summed E-state index contributed by atoms with van der Waals surface area (Å²) in [5, 5.41) is 0. The van der Waals surface area contributed by atoms with Crippen molar-refractivity contribution in [2.45, 2.75) is 37.6 Å². The fraction of sp³-hybridized carbons (Fsp3) is 0.474. The van der Waals surface area contributed by atoms with Crippen molar-refractivity contribution >= 4 is 17.9 Å². The molecule has 1 aromatic rings. The van der Waals surface area contributed by atoms with Crippen LogP contribution in [0.1, 0.15) is 31.2 Å². The largest absolute Gasteiger partial charge is 0.482 e. The van der Waals surface area contributed by atoms with Crippen molar-refractivity contribution in [3.05, 3.63) is 42.1 Å². The molecule has 2 fully saturated rings. The van der Waals surface area contributed by atoms with E-state index in [1.54, 1.807) is 6.20 Å². The van der Waals surface area contributed by atoms with Crippen LogP contribution in [-0.4, -0.2) is 36.4 Å². The second-order valence-electron chi connectivity index (χ2n) is 6.76. The summed E-state index contributed by atoms with van der Waals surface area (Å²) in [5.74, 6) is 1.85. The summed E-state index contributed by atoms with van der Waals surface area (Å²) in [6.07, 6.45) is 8.89. The molecule has 6 nitrogen and oxygen atoms in total. The standard InChI is InChI=1S/C19H23N3O3/c1-13-10-16(15-2-3-17(21-11-15)22-12-20)25-19(13)6-4-14(5-7-19)18-23-8-9-24-18/h2-3,10-12,14,18H,1,4-9H2,(H2,20,21,22). The fourth-order valence-corrected chi connectivity index (χ4v) is 3.87. The Kier molecular flexibility index (Phi) is 4.31. The van der Waals surface area contributed by atoms with Crippen LogP contribution in [-0.2, 0) is 14.2 Å². The van der Waals surface area contributed by atoms with Gasteiger partial charge < -0.3 is 19.9 Å². The van der Waals surface area contributed by atoms with Crippen molar-refractivity contribution in [3.8, 4) is 0 Å². The van der Waals surface area contributed by atoms with Gasteiger partial charge in [0.2, 0.25) is 0 Å². The number of hydrogen-bond donors (Lipinski definition) is 1. The molecule has 3 heterocycles. The van der Waals surface area contributed by atoms with E-state index in [2.05, 4.69) is 16.6 Å².